The van der Waals surface area contributed by atoms with Gasteiger partial charge in [0.05, 0.1) is 17.3 Å². The molecule has 2 aromatic rings. The Morgan fingerprint density at radius 2 is 1.81 bits per heavy atom. The first-order chi connectivity index (χ1) is 7.65. The highest BCUT2D eigenvalue weighted by Gasteiger charge is 1.94. The van der Waals surface area contributed by atoms with Crippen LogP contribution in [0.15, 0.2) is 42.4 Å². The fraction of sp³-hybridized carbons (Fsp3) is 0. The third kappa shape index (κ3) is 4.04. The van der Waals surface area contributed by atoms with Crippen LogP contribution in [0.5, 0.6) is 0 Å². The minimum absolute atomic E-state index is 0.317. The van der Waals surface area contributed by atoms with E-state index in [1.54, 1.807) is 12.1 Å². The number of aldehydes is 1. The molecule has 0 saturated carbocycles. The molecule has 0 saturated heterocycles. The van der Waals surface area contributed by atoms with Crippen molar-refractivity contribution in [3.8, 4) is 0 Å². The maximum absolute atomic E-state index is 9.91. The number of furan rings is 2. The monoisotopic (exact) mass is 345 g/mol. The van der Waals surface area contributed by atoms with Crippen LogP contribution in [0, 0.1) is 6.57 Å². The summed E-state index contributed by atoms with van der Waals surface area (Å²) in [4.78, 5) is 12.9. The molecule has 0 bridgehead atoms. The van der Waals surface area contributed by atoms with Gasteiger partial charge >= 0.3 is 5.88 Å². The zero-order valence-electron chi connectivity index (χ0n) is 7.81. The van der Waals surface area contributed by atoms with Crippen LogP contribution >= 0.6 is 31.9 Å². The lowest BCUT2D eigenvalue weighted by molar-refractivity contribution is 0.110. The van der Waals surface area contributed by atoms with E-state index in [4.69, 9.17) is 15.4 Å². The van der Waals surface area contributed by atoms with Gasteiger partial charge in [-0.25, -0.2) is 0 Å². The lowest BCUT2D eigenvalue weighted by Gasteiger charge is -1.68. The van der Waals surface area contributed by atoms with Crippen LogP contribution in [-0.2, 0) is 0 Å². The van der Waals surface area contributed by atoms with Gasteiger partial charge in [-0.1, -0.05) is 0 Å². The standard InChI is InChI=1S/C5H2BrNO.C5H3BrO2/c1-7-5-2-4(6)3-8-5;6-4-1-5(2-7)8-3-4/h2-3H;1-3H. The third-order valence-electron chi connectivity index (χ3n) is 1.37. The van der Waals surface area contributed by atoms with Crippen LogP contribution in [0.4, 0.5) is 5.88 Å². The van der Waals surface area contributed by atoms with Gasteiger partial charge < -0.3 is 8.83 Å². The van der Waals surface area contributed by atoms with Crippen molar-refractivity contribution in [2.24, 2.45) is 0 Å². The molecule has 4 nitrogen and oxygen atoms in total. The fourth-order valence-corrected chi connectivity index (χ4v) is 1.36. The van der Waals surface area contributed by atoms with Gasteiger partial charge in [-0.2, -0.15) is 4.85 Å². The average Bonchev–Trinajstić information content (AvgIpc) is 2.88. The predicted octanol–water partition coefficient (Wildman–Crippen LogP) is 4.45. The van der Waals surface area contributed by atoms with Crippen molar-refractivity contribution < 1.29 is 13.6 Å². The highest BCUT2D eigenvalue weighted by atomic mass is 79.9. The van der Waals surface area contributed by atoms with Gasteiger partial charge in [0.15, 0.2) is 12.0 Å². The molecule has 2 rings (SSSR count). The molecule has 0 amide bonds. The first-order valence-corrected chi connectivity index (χ1v) is 5.55. The summed E-state index contributed by atoms with van der Waals surface area (Å²) in [6.07, 6.45) is 3.60. The molecule has 82 valence electrons. The largest absolute Gasteiger partial charge is 0.486 e. The number of carbonyl (C=O) groups is 1. The molecular weight excluding hydrogens is 342 g/mol. The van der Waals surface area contributed by atoms with Crippen molar-refractivity contribution in [1.82, 2.24) is 0 Å². The van der Waals surface area contributed by atoms with Crippen LogP contribution in [0.25, 0.3) is 4.85 Å². The molecule has 0 aliphatic carbocycles. The van der Waals surface area contributed by atoms with Crippen molar-refractivity contribution in [1.29, 1.82) is 0 Å². The zero-order valence-corrected chi connectivity index (χ0v) is 11.0. The Balaban J connectivity index is 0.000000160. The summed E-state index contributed by atoms with van der Waals surface area (Å²) < 4.78 is 11.0. The van der Waals surface area contributed by atoms with E-state index < -0.39 is 0 Å². The summed E-state index contributed by atoms with van der Waals surface area (Å²) in [6, 6.07) is 3.22. The van der Waals surface area contributed by atoms with E-state index in [0.717, 1.165) is 8.95 Å². The Labute approximate surface area is 108 Å². The molecule has 0 unspecified atom stereocenters. The van der Waals surface area contributed by atoms with E-state index in [2.05, 4.69) is 36.7 Å². The third-order valence-corrected chi connectivity index (χ3v) is 2.20. The highest BCUT2D eigenvalue weighted by molar-refractivity contribution is 9.10. The van der Waals surface area contributed by atoms with Gasteiger partial charge in [0.1, 0.15) is 6.26 Å². The Kier molecular flexibility index (Phi) is 5.02. The zero-order chi connectivity index (χ0) is 12.0. The quantitative estimate of drug-likeness (QED) is 0.566. The molecule has 6 heteroatoms. The van der Waals surface area contributed by atoms with Crippen LogP contribution in [0.2, 0.25) is 0 Å². The summed E-state index contributed by atoms with van der Waals surface area (Å²) in [5, 5.41) is 0. The van der Waals surface area contributed by atoms with E-state index in [1.165, 1.54) is 12.5 Å². The highest BCUT2D eigenvalue weighted by Crippen LogP contribution is 2.20. The molecule has 0 spiro atoms. The molecule has 0 aliphatic rings. The first-order valence-electron chi connectivity index (χ1n) is 3.96. The Morgan fingerprint density at radius 1 is 1.19 bits per heavy atom. The van der Waals surface area contributed by atoms with Gasteiger partial charge in [0.2, 0.25) is 0 Å². The minimum atomic E-state index is 0.317. The molecule has 0 aliphatic heterocycles. The second-order valence-corrected chi connectivity index (χ2v) is 4.33. The van der Waals surface area contributed by atoms with Crippen molar-refractivity contribution in [3.63, 3.8) is 0 Å². The molecule has 0 atom stereocenters. The molecule has 0 fully saturated rings. The van der Waals surface area contributed by atoms with E-state index in [0.29, 0.717) is 17.9 Å². The topological polar surface area (TPSA) is 47.7 Å². The van der Waals surface area contributed by atoms with Gasteiger partial charge in [-0.05, 0) is 31.9 Å². The lowest BCUT2D eigenvalue weighted by atomic mass is 10.5. The maximum Gasteiger partial charge on any atom is 0.346 e. The Bertz CT molecular complexity index is 510. The van der Waals surface area contributed by atoms with Crippen LogP contribution < -0.4 is 0 Å². The number of rotatable bonds is 1. The van der Waals surface area contributed by atoms with E-state index >= 15 is 0 Å². The van der Waals surface area contributed by atoms with Gasteiger partial charge in [-0.3, -0.25) is 4.79 Å². The van der Waals surface area contributed by atoms with Crippen molar-refractivity contribution in [2.75, 3.05) is 0 Å². The number of carbonyl (C=O) groups excluding carboxylic acids is 1. The summed E-state index contributed by atoms with van der Waals surface area (Å²) in [7, 11) is 0. The second kappa shape index (κ2) is 6.30. The molecule has 0 N–H and O–H groups in total. The second-order valence-electron chi connectivity index (χ2n) is 2.50. The number of hydrogen-bond donors (Lipinski definition) is 0. The number of hydrogen-bond acceptors (Lipinski definition) is 3. The fourth-order valence-electron chi connectivity index (χ4n) is 0.751. The van der Waals surface area contributed by atoms with Crippen LogP contribution in [-0.4, -0.2) is 6.29 Å². The van der Waals surface area contributed by atoms with Crippen molar-refractivity contribution in [2.45, 2.75) is 0 Å². The molecule has 0 aromatic carbocycles. The predicted molar refractivity (Wildman–Crippen MR) is 64.5 cm³/mol. The smallest absolute Gasteiger partial charge is 0.346 e. The average molecular weight is 347 g/mol. The SMILES string of the molecule is O=Cc1cc(Br)co1.[C-]#[N+]c1cc(Br)co1. The normalized spacial score (nSPS) is 8.81. The van der Waals surface area contributed by atoms with E-state index in [1.807, 2.05) is 0 Å². The number of nitrogens with zero attached hydrogens (tertiary/aromatic N) is 1. The van der Waals surface area contributed by atoms with Crippen molar-refractivity contribution in [3.05, 3.63) is 50.8 Å². The van der Waals surface area contributed by atoms with Gasteiger partial charge in [-0.15, -0.1) is 0 Å². The van der Waals surface area contributed by atoms with E-state index in [9.17, 15) is 4.79 Å². The molecule has 2 heterocycles. The summed E-state index contributed by atoms with van der Waals surface area (Å²) in [5.41, 5.74) is 0. The summed E-state index contributed by atoms with van der Waals surface area (Å²) in [5.74, 6) is 0.661. The number of halogens is 2. The van der Waals surface area contributed by atoms with Crippen LogP contribution in [0.1, 0.15) is 10.6 Å². The van der Waals surface area contributed by atoms with Crippen molar-refractivity contribution >= 4 is 44.0 Å². The van der Waals surface area contributed by atoms with Gasteiger partial charge in [0.25, 0.3) is 0 Å². The Morgan fingerprint density at radius 3 is 2.06 bits per heavy atom. The first kappa shape index (κ1) is 12.7. The van der Waals surface area contributed by atoms with E-state index in [-0.39, 0.29) is 0 Å². The summed E-state index contributed by atoms with van der Waals surface area (Å²) >= 11 is 6.26. The summed E-state index contributed by atoms with van der Waals surface area (Å²) in [6.45, 7) is 6.47. The van der Waals surface area contributed by atoms with Crippen LogP contribution in [0.3, 0.4) is 0 Å². The molecule has 16 heavy (non-hydrogen) atoms. The molecule has 2 aromatic heterocycles. The molecule has 0 radical (unpaired) electrons. The maximum atomic E-state index is 9.91. The molecular formula is C10H5Br2NO3. The van der Waals surface area contributed by atoms with Gasteiger partial charge in [0, 0.05) is 16.6 Å². The lowest BCUT2D eigenvalue weighted by Crippen LogP contribution is -1.65. The Hall–Kier alpha value is -1.32. The minimum Gasteiger partial charge on any atom is -0.486 e.